The highest BCUT2D eigenvalue weighted by Gasteiger charge is 2.08. The number of rotatable bonds is 3. The van der Waals surface area contributed by atoms with Gasteiger partial charge in [-0.1, -0.05) is 24.9 Å². The molecule has 0 aliphatic carbocycles. The van der Waals surface area contributed by atoms with Gasteiger partial charge in [-0.3, -0.25) is 0 Å². The Bertz CT molecular complexity index is 575. The van der Waals surface area contributed by atoms with Gasteiger partial charge in [0.15, 0.2) is 5.82 Å². The van der Waals surface area contributed by atoms with E-state index in [0.717, 1.165) is 24.1 Å². The maximum atomic E-state index is 13.2. The summed E-state index contributed by atoms with van der Waals surface area (Å²) >= 11 is 9.12. The minimum absolute atomic E-state index is 0.311. The first-order valence-electron chi connectivity index (χ1n) is 5.59. The van der Waals surface area contributed by atoms with E-state index in [1.807, 2.05) is 0 Å². The van der Waals surface area contributed by atoms with E-state index >= 15 is 0 Å². The van der Waals surface area contributed by atoms with E-state index in [0.29, 0.717) is 15.5 Å². The van der Waals surface area contributed by atoms with E-state index in [-0.39, 0.29) is 5.82 Å². The van der Waals surface area contributed by atoms with Crippen LogP contribution in [0.5, 0.6) is 0 Å². The van der Waals surface area contributed by atoms with Crippen molar-refractivity contribution in [1.82, 2.24) is 9.97 Å². The average Bonchev–Trinajstić information content (AvgIpc) is 2.32. The molecule has 1 heterocycles. The standard InChI is InChI=1S/C13H11BrClFN2/c1-2-3-9-7-12(15)18-13(17-9)8-4-5-11(16)10(14)6-8/h4-7H,2-3H2,1H3. The van der Waals surface area contributed by atoms with Crippen LogP contribution in [0.25, 0.3) is 11.4 Å². The van der Waals surface area contributed by atoms with Crippen molar-refractivity contribution in [1.29, 1.82) is 0 Å². The molecular weight excluding hydrogens is 319 g/mol. The Hall–Kier alpha value is -1.00. The summed E-state index contributed by atoms with van der Waals surface area (Å²) in [5.41, 5.74) is 1.64. The summed E-state index contributed by atoms with van der Waals surface area (Å²) < 4.78 is 13.6. The third-order valence-corrected chi connectivity index (χ3v) is 3.23. The predicted molar refractivity (Wildman–Crippen MR) is 74.1 cm³/mol. The van der Waals surface area contributed by atoms with Crippen molar-refractivity contribution >= 4 is 27.5 Å². The molecule has 18 heavy (non-hydrogen) atoms. The van der Waals surface area contributed by atoms with Gasteiger partial charge in [-0.15, -0.1) is 0 Å². The van der Waals surface area contributed by atoms with Gasteiger partial charge in [0.25, 0.3) is 0 Å². The molecule has 0 radical (unpaired) electrons. The number of nitrogens with zero attached hydrogens (tertiary/aromatic N) is 2. The second-order valence-electron chi connectivity index (χ2n) is 3.88. The van der Waals surface area contributed by atoms with Crippen LogP contribution >= 0.6 is 27.5 Å². The summed E-state index contributed by atoms with van der Waals surface area (Å²) in [6.07, 6.45) is 1.83. The number of benzene rings is 1. The fourth-order valence-electron chi connectivity index (χ4n) is 1.61. The van der Waals surface area contributed by atoms with Crippen LogP contribution in [-0.4, -0.2) is 9.97 Å². The van der Waals surface area contributed by atoms with Gasteiger partial charge >= 0.3 is 0 Å². The zero-order valence-corrected chi connectivity index (χ0v) is 12.1. The van der Waals surface area contributed by atoms with Crippen LogP contribution in [0.15, 0.2) is 28.7 Å². The molecule has 94 valence electrons. The van der Waals surface area contributed by atoms with Gasteiger partial charge < -0.3 is 0 Å². The summed E-state index contributed by atoms with van der Waals surface area (Å²) in [7, 11) is 0. The molecule has 0 atom stereocenters. The molecule has 0 bridgehead atoms. The van der Waals surface area contributed by atoms with Crippen molar-refractivity contribution in [2.45, 2.75) is 19.8 Å². The molecule has 0 aliphatic rings. The van der Waals surface area contributed by atoms with E-state index < -0.39 is 0 Å². The van der Waals surface area contributed by atoms with Gasteiger partial charge in [0.2, 0.25) is 0 Å². The van der Waals surface area contributed by atoms with Gasteiger partial charge in [-0.25, -0.2) is 14.4 Å². The predicted octanol–water partition coefficient (Wildman–Crippen LogP) is 4.65. The highest BCUT2D eigenvalue weighted by Crippen LogP contribution is 2.24. The Labute approximate surface area is 118 Å². The van der Waals surface area contributed by atoms with Crippen molar-refractivity contribution in [3.05, 3.63) is 45.4 Å². The fourth-order valence-corrected chi connectivity index (χ4v) is 2.20. The Morgan fingerprint density at radius 1 is 1.28 bits per heavy atom. The summed E-state index contributed by atoms with van der Waals surface area (Å²) in [5.74, 6) is 0.209. The molecule has 2 nitrogen and oxygen atoms in total. The van der Waals surface area contributed by atoms with Gasteiger partial charge in [0.1, 0.15) is 11.0 Å². The molecule has 5 heteroatoms. The van der Waals surface area contributed by atoms with E-state index in [2.05, 4.69) is 32.8 Å². The fraction of sp³-hybridized carbons (Fsp3) is 0.231. The van der Waals surface area contributed by atoms with E-state index in [1.165, 1.54) is 6.07 Å². The van der Waals surface area contributed by atoms with Crippen molar-refractivity contribution in [3.8, 4) is 11.4 Å². The summed E-state index contributed by atoms with van der Waals surface area (Å²) in [6, 6.07) is 6.43. The van der Waals surface area contributed by atoms with Crippen LogP contribution in [0.3, 0.4) is 0 Å². The van der Waals surface area contributed by atoms with Crippen LogP contribution in [0.2, 0.25) is 5.15 Å². The molecule has 1 aromatic carbocycles. The summed E-state index contributed by atoms with van der Waals surface area (Å²) in [5, 5.41) is 0.406. The Balaban J connectivity index is 2.46. The monoisotopic (exact) mass is 328 g/mol. The molecule has 0 fully saturated rings. The molecule has 0 spiro atoms. The van der Waals surface area contributed by atoms with Gasteiger partial charge in [-0.2, -0.15) is 0 Å². The third-order valence-electron chi connectivity index (χ3n) is 2.43. The molecule has 0 amide bonds. The molecule has 0 saturated heterocycles. The number of hydrogen-bond donors (Lipinski definition) is 0. The first kappa shape index (κ1) is 13.4. The third kappa shape index (κ3) is 3.06. The van der Waals surface area contributed by atoms with Crippen molar-refractivity contribution in [2.24, 2.45) is 0 Å². The van der Waals surface area contributed by atoms with Crippen molar-refractivity contribution in [2.75, 3.05) is 0 Å². The largest absolute Gasteiger partial charge is 0.233 e. The normalized spacial score (nSPS) is 10.7. The van der Waals surface area contributed by atoms with Crippen LogP contribution in [0, 0.1) is 5.82 Å². The van der Waals surface area contributed by atoms with Crippen molar-refractivity contribution < 1.29 is 4.39 Å². The maximum Gasteiger partial charge on any atom is 0.161 e. The number of halogens is 3. The number of hydrogen-bond acceptors (Lipinski definition) is 2. The Kier molecular flexibility index (Phi) is 4.30. The molecule has 1 aromatic heterocycles. The molecule has 0 unspecified atom stereocenters. The Morgan fingerprint density at radius 2 is 2.06 bits per heavy atom. The van der Waals surface area contributed by atoms with E-state index in [4.69, 9.17) is 11.6 Å². The lowest BCUT2D eigenvalue weighted by Gasteiger charge is -2.05. The molecule has 2 aromatic rings. The zero-order chi connectivity index (χ0) is 13.1. The number of aromatic nitrogens is 2. The van der Waals surface area contributed by atoms with Gasteiger partial charge in [0.05, 0.1) is 4.47 Å². The number of aryl methyl sites for hydroxylation is 1. The lowest BCUT2D eigenvalue weighted by atomic mass is 10.2. The van der Waals surface area contributed by atoms with Crippen molar-refractivity contribution in [3.63, 3.8) is 0 Å². The van der Waals surface area contributed by atoms with E-state index in [1.54, 1.807) is 18.2 Å². The summed E-state index contributed by atoms with van der Waals surface area (Å²) in [6.45, 7) is 2.07. The topological polar surface area (TPSA) is 25.8 Å². The summed E-state index contributed by atoms with van der Waals surface area (Å²) in [4.78, 5) is 8.59. The molecule has 0 aliphatic heterocycles. The smallest absolute Gasteiger partial charge is 0.161 e. The van der Waals surface area contributed by atoms with E-state index in [9.17, 15) is 4.39 Å². The van der Waals surface area contributed by atoms with Crippen LogP contribution < -0.4 is 0 Å². The van der Waals surface area contributed by atoms with Gasteiger partial charge in [0, 0.05) is 11.3 Å². The molecule has 0 N–H and O–H groups in total. The molecular formula is C13H11BrClFN2. The highest BCUT2D eigenvalue weighted by molar-refractivity contribution is 9.10. The highest BCUT2D eigenvalue weighted by atomic mass is 79.9. The van der Waals surface area contributed by atoms with Gasteiger partial charge in [-0.05, 0) is 46.6 Å². The zero-order valence-electron chi connectivity index (χ0n) is 9.75. The minimum Gasteiger partial charge on any atom is -0.233 e. The molecule has 2 rings (SSSR count). The molecule has 0 saturated carbocycles. The first-order valence-corrected chi connectivity index (χ1v) is 6.76. The maximum absolute atomic E-state index is 13.2. The second kappa shape index (κ2) is 5.76. The van der Waals surface area contributed by atoms with Crippen LogP contribution in [0.4, 0.5) is 4.39 Å². The second-order valence-corrected chi connectivity index (χ2v) is 5.13. The Morgan fingerprint density at radius 3 is 2.72 bits per heavy atom. The van der Waals surface area contributed by atoms with Crippen LogP contribution in [-0.2, 0) is 6.42 Å². The van der Waals surface area contributed by atoms with Crippen LogP contribution in [0.1, 0.15) is 19.0 Å². The lowest BCUT2D eigenvalue weighted by Crippen LogP contribution is -1.96. The minimum atomic E-state index is -0.311. The average molecular weight is 330 g/mol. The quantitative estimate of drug-likeness (QED) is 0.766. The lowest BCUT2D eigenvalue weighted by molar-refractivity contribution is 0.621. The SMILES string of the molecule is CCCc1cc(Cl)nc(-c2ccc(F)c(Br)c2)n1. The first-order chi connectivity index (χ1) is 8.60.